The smallest absolute Gasteiger partial charge is 0.259 e. The second-order valence-electron chi connectivity index (χ2n) is 7.26. The monoisotopic (exact) mass is 430 g/mol. The number of hydrogen-bond donors (Lipinski definition) is 2. The normalized spacial score (nSPS) is 12.8. The molecular weight excluding hydrogens is 412 g/mol. The first-order valence-corrected chi connectivity index (χ1v) is 11.3. The number of carbonyl (C=O) groups excluding carboxylic acids is 1. The van der Waals surface area contributed by atoms with Gasteiger partial charge in [-0.2, -0.15) is 0 Å². The Bertz CT molecular complexity index is 1430. The standard InChI is InChI=1S/C24H18N2O4S/c27-24-20-14-18(12-13-22(20)30-23-11-4-3-10-21(23)25-24)26-31(28,29)15-17-8-5-7-16-6-1-2-9-19(16)17/h1-14,26H,15H2,(H,25,27). The summed E-state index contributed by atoms with van der Waals surface area (Å²) in [6.45, 7) is 0. The molecule has 1 aliphatic rings. The largest absolute Gasteiger partial charge is 0.454 e. The van der Waals surface area contributed by atoms with Crippen LogP contribution in [0.15, 0.2) is 84.9 Å². The average molecular weight is 430 g/mol. The number of fused-ring (bicyclic) bond motifs is 3. The lowest BCUT2D eigenvalue weighted by Crippen LogP contribution is -2.16. The van der Waals surface area contributed by atoms with Gasteiger partial charge in [0.15, 0.2) is 5.75 Å². The van der Waals surface area contributed by atoms with Crippen molar-refractivity contribution in [1.29, 1.82) is 0 Å². The van der Waals surface area contributed by atoms with E-state index in [4.69, 9.17) is 4.74 Å². The summed E-state index contributed by atoms with van der Waals surface area (Å²) in [6, 6.07) is 25.0. The number of hydrogen-bond acceptors (Lipinski definition) is 4. The summed E-state index contributed by atoms with van der Waals surface area (Å²) in [4.78, 5) is 12.7. The molecule has 4 aromatic rings. The molecule has 0 saturated carbocycles. The first kappa shape index (κ1) is 19.1. The van der Waals surface area contributed by atoms with Gasteiger partial charge in [-0.05, 0) is 46.7 Å². The van der Waals surface area contributed by atoms with E-state index in [2.05, 4.69) is 10.0 Å². The van der Waals surface area contributed by atoms with Crippen molar-refractivity contribution in [3.05, 3.63) is 96.1 Å². The van der Waals surface area contributed by atoms with Gasteiger partial charge in [0.05, 0.1) is 17.0 Å². The molecule has 0 atom stereocenters. The molecule has 31 heavy (non-hydrogen) atoms. The lowest BCUT2D eigenvalue weighted by atomic mass is 10.1. The highest BCUT2D eigenvalue weighted by Crippen LogP contribution is 2.36. The van der Waals surface area contributed by atoms with Crippen molar-refractivity contribution in [2.45, 2.75) is 5.75 Å². The molecule has 1 aliphatic heterocycles. The summed E-state index contributed by atoms with van der Waals surface area (Å²) >= 11 is 0. The topological polar surface area (TPSA) is 84.5 Å². The van der Waals surface area contributed by atoms with Crippen LogP contribution in [-0.2, 0) is 15.8 Å². The van der Waals surface area contributed by atoms with E-state index < -0.39 is 10.0 Å². The highest BCUT2D eigenvalue weighted by atomic mass is 32.2. The maximum atomic E-state index is 12.9. The van der Waals surface area contributed by atoms with Gasteiger partial charge in [0.25, 0.3) is 5.91 Å². The molecule has 4 aromatic carbocycles. The van der Waals surface area contributed by atoms with Crippen LogP contribution in [-0.4, -0.2) is 14.3 Å². The van der Waals surface area contributed by atoms with E-state index in [0.717, 1.165) is 10.8 Å². The fourth-order valence-electron chi connectivity index (χ4n) is 3.67. The molecule has 6 nitrogen and oxygen atoms in total. The van der Waals surface area contributed by atoms with E-state index >= 15 is 0 Å². The molecule has 0 bridgehead atoms. The number of anilines is 2. The fraction of sp³-hybridized carbons (Fsp3) is 0.0417. The molecule has 154 valence electrons. The Morgan fingerprint density at radius 3 is 2.52 bits per heavy atom. The minimum Gasteiger partial charge on any atom is -0.454 e. The molecule has 0 spiro atoms. The van der Waals surface area contributed by atoms with Crippen LogP contribution in [0.1, 0.15) is 15.9 Å². The molecule has 0 saturated heterocycles. The lowest BCUT2D eigenvalue weighted by molar-refractivity contribution is 0.102. The SMILES string of the molecule is O=C1Nc2ccccc2Oc2ccc(NS(=O)(=O)Cc3cccc4ccccc34)cc21. The average Bonchev–Trinajstić information content (AvgIpc) is 2.89. The summed E-state index contributed by atoms with van der Waals surface area (Å²) < 4.78 is 34.2. The van der Waals surface area contributed by atoms with E-state index in [0.29, 0.717) is 28.4 Å². The van der Waals surface area contributed by atoms with Crippen molar-refractivity contribution in [2.24, 2.45) is 0 Å². The van der Waals surface area contributed by atoms with Gasteiger partial charge in [-0.15, -0.1) is 0 Å². The Kier molecular flexibility index (Phi) is 4.60. The summed E-state index contributed by atoms with van der Waals surface area (Å²) in [5.41, 5.74) is 1.81. The summed E-state index contributed by atoms with van der Waals surface area (Å²) in [7, 11) is -3.71. The number of rotatable bonds is 4. The zero-order valence-electron chi connectivity index (χ0n) is 16.3. The molecule has 0 unspecified atom stereocenters. The second kappa shape index (κ2) is 7.45. The quantitative estimate of drug-likeness (QED) is 0.470. The summed E-state index contributed by atoms with van der Waals surface area (Å²) in [6.07, 6.45) is 0. The molecule has 0 aliphatic carbocycles. The Morgan fingerprint density at radius 1 is 0.839 bits per heavy atom. The van der Waals surface area contributed by atoms with Crippen LogP contribution in [0.25, 0.3) is 10.8 Å². The van der Waals surface area contributed by atoms with Crippen LogP contribution >= 0.6 is 0 Å². The maximum Gasteiger partial charge on any atom is 0.259 e. The van der Waals surface area contributed by atoms with E-state index in [9.17, 15) is 13.2 Å². The summed E-state index contributed by atoms with van der Waals surface area (Å²) in [5, 5.41) is 4.66. The van der Waals surface area contributed by atoms with Gasteiger partial charge in [0, 0.05) is 5.69 Å². The zero-order chi connectivity index (χ0) is 21.4. The number of amides is 1. The van der Waals surface area contributed by atoms with Gasteiger partial charge in [-0.3, -0.25) is 9.52 Å². The highest BCUT2D eigenvalue weighted by molar-refractivity contribution is 7.91. The molecule has 5 rings (SSSR count). The Morgan fingerprint density at radius 2 is 1.61 bits per heavy atom. The predicted molar refractivity (Wildman–Crippen MR) is 121 cm³/mol. The number of carbonyl (C=O) groups is 1. The van der Waals surface area contributed by atoms with E-state index in [1.807, 2.05) is 42.5 Å². The molecule has 2 N–H and O–H groups in total. The number of para-hydroxylation sites is 2. The molecule has 1 amide bonds. The van der Waals surface area contributed by atoms with Gasteiger partial charge < -0.3 is 10.1 Å². The lowest BCUT2D eigenvalue weighted by Gasteiger charge is -2.12. The number of sulfonamides is 1. The Labute approximate surface area is 179 Å². The van der Waals surface area contributed by atoms with Crippen LogP contribution in [0, 0.1) is 0 Å². The van der Waals surface area contributed by atoms with Gasteiger partial charge in [0.1, 0.15) is 5.75 Å². The molecule has 1 heterocycles. The number of ether oxygens (including phenoxy) is 1. The maximum absolute atomic E-state index is 12.9. The first-order valence-electron chi connectivity index (χ1n) is 9.68. The van der Waals surface area contributed by atoms with Gasteiger partial charge in [-0.1, -0.05) is 54.6 Å². The van der Waals surface area contributed by atoms with E-state index in [-0.39, 0.29) is 17.2 Å². The molecule has 7 heteroatoms. The van der Waals surface area contributed by atoms with Crippen molar-refractivity contribution in [3.63, 3.8) is 0 Å². The Balaban J connectivity index is 1.43. The zero-order valence-corrected chi connectivity index (χ0v) is 17.1. The van der Waals surface area contributed by atoms with Crippen LogP contribution in [0.3, 0.4) is 0 Å². The van der Waals surface area contributed by atoms with Gasteiger partial charge in [-0.25, -0.2) is 8.42 Å². The van der Waals surface area contributed by atoms with Crippen molar-refractivity contribution in [2.75, 3.05) is 10.0 Å². The van der Waals surface area contributed by atoms with Crippen LogP contribution in [0.2, 0.25) is 0 Å². The minimum absolute atomic E-state index is 0.181. The molecule has 0 fully saturated rings. The highest BCUT2D eigenvalue weighted by Gasteiger charge is 2.22. The molecule has 0 aromatic heterocycles. The number of nitrogens with one attached hydrogen (secondary N) is 2. The number of benzene rings is 4. The molecular formula is C24H18N2O4S. The fourth-order valence-corrected chi connectivity index (χ4v) is 4.89. The third-order valence-electron chi connectivity index (χ3n) is 5.08. The minimum atomic E-state index is -3.71. The van der Waals surface area contributed by atoms with Crippen LogP contribution in [0.5, 0.6) is 11.5 Å². The van der Waals surface area contributed by atoms with Crippen molar-refractivity contribution < 1.29 is 17.9 Å². The van der Waals surface area contributed by atoms with E-state index in [1.54, 1.807) is 36.4 Å². The van der Waals surface area contributed by atoms with Crippen molar-refractivity contribution in [1.82, 2.24) is 0 Å². The third-order valence-corrected chi connectivity index (χ3v) is 6.32. The first-order chi connectivity index (χ1) is 15.0. The van der Waals surface area contributed by atoms with Gasteiger partial charge in [0.2, 0.25) is 10.0 Å². The van der Waals surface area contributed by atoms with Crippen molar-refractivity contribution in [3.8, 4) is 11.5 Å². The van der Waals surface area contributed by atoms with Crippen molar-refractivity contribution >= 4 is 38.1 Å². The Hall–Kier alpha value is -3.84. The third kappa shape index (κ3) is 3.83. The van der Waals surface area contributed by atoms with Crippen LogP contribution < -0.4 is 14.8 Å². The summed E-state index contributed by atoms with van der Waals surface area (Å²) in [5.74, 6) is 0.341. The van der Waals surface area contributed by atoms with E-state index in [1.165, 1.54) is 6.07 Å². The van der Waals surface area contributed by atoms with Gasteiger partial charge >= 0.3 is 0 Å². The molecule has 0 radical (unpaired) electrons. The second-order valence-corrected chi connectivity index (χ2v) is 8.98. The van der Waals surface area contributed by atoms with Crippen LogP contribution in [0.4, 0.5) is 11.4 Å². The predicted octanol–water partition coefficient (Wildman–Crippen LogP) is 5.14.